The lowest BCUT2D eigenvalue weighted by Crippen LogP contribution is -2.10. The van der Waals surface area contributed by atoms with Crippen LogP contribution in [0.1, 0.15) is 39.0 Å². The number of ether oxygens (including phenoxy) is 2. The quantitative estimate of drug-likeness (QED) is 0.626. The van der Waals surface area contributed by atoms with Gasteiger partial charge in [-0.15, -0.1) is 0 Å². The summed E-state index contributed by atoms with van der Waals surface area (Å²) in [6.07, 6.45) is 0. The third-order valence-corrected chi connectivity index (χ3v) is 2.47. The van der Waals surface area contributed by atoms with Gasteiger partial charge in [-0.05, 0) is 26.3 Å². The molecule has 0 spiro atoms. The Morgan fingerprint density at radius 2 is 1.94 bits per heavy atom. The molecule has 0 aliphatic rings. The maximum atomic E-state index is 11.7. The monoisotopic (exact) mass is 239 g/mol. The molecule has 5 nitrogen and oxygen atoms in total. The zero-order valence-electron chi connectivity index (χ0n) is 10.5. The zero-order chi connectivity index (χ0) is 13.0. The molecule has 94 valence electrons. The first kappa shape index (κ1) is 13.4. The summed E-state index contributed by atoms with van der Waals surface area (Å²) in [6.45, 7) is 5.50. The van der Waals surface area contributed by atoms with Crippen LogP contribution in [0, 0.1) is 13.8 Å². The summed E-state index contributed by atoms with van der Waals surface area (Å²) >= 11 is 0. The van der Waals surface area contributed by atoms with Crippen molar-refractivity contribution in [3.63, 3.8) is 0 Å². The molecule has 0 unspecified atom stereocenters. The van der Waals surface area contributed by atoms with Gasteiger partial charge in [0.2, 0.25) is 5.78 Å². The van der Waals surface area contributed by atoms with E-state index in [9.17, 15) is 9.59 Å². The van der Waals surface area contributed by atoms with Crippen LogP contribution in [0.2, 0.25) is 0 Å². The predicted octanol–water partition coefficient (Wildman–Crippen LogP) is 1.64. The van der Waals surface area contributed by atoms with E-state index < -0.39 is 5.97 Å². The molecular formula is C12H17NO4. The van der Waals surface area contributed by atoms with Crippen molar-refractivity contribution in [2.45, 2.75) is 20.8 Å². The first-order valence-electron chi connectivity index (χ1n) is 5.41. The predicted molar refractivity (Wildman–Crippen MR) is 62.4 cm³/mol. The van der Waals surface area contributed by atoms with E-state index >= 15 is 0 Å². The Labute approximate surface area is 100 Å². The number of hydrogen-bond acceptors (Lipinski definition) is 4. The molecule has 0 fully saturated rings. The highest BCUT2D eigenvalue weighted by Crippen LogP contribution is 2.19. The summed E-state index contributed by atoms with van der Waals surface area (Å²) in [5.74, 6) is -0.584. The van der Waals surface area contributed by atoms with E-state index in [1.54, 1.807) is 20.8 Å². The third-order valence-electron chi connectivity index (χ3n) is 2.47. The maximum Gasteiger partial charge on any atom is 0.340 e. The van der Waals surface area contributed by atoms with Gasteiger partial charge in [0, 0.05) is 12.8 Å². The minimum Gasteiger partial charge on any atom is -0.462 e. The van der Waals surface area contributed by atoms with Crippen LogP contribution in [-0.2, 0) is 9.47 Å². The van der Waals surface area contributed by atoms with Crippen molar-refractivity contribution in [3.05, 3.63) is 22.5 Å². The highest BCUT2D eigenvalue weighted by Gasteiger charge is 2.22. The molecule has 0 amide bonds. The van der Waals surface area contributed by atoms with Crippen LogP contribution >= 0.6 is 0 Å². The number of carbonyl (C=O) groups excluding carboxylic acids is 2. The van der Waals surface area contributed by atoms with Gasteiger partial charge in [0.25, 0.3) is 0 Å². The Kier molecular flexibility index (Phi) is 4.45. The topological polar surface area (TPSA) is 68.4 Å². The number of H-pyrrole nitrogens is 1. The van der Waals surface area contributed by atoms with Crippen LogP contribution < -0.4 is 0 Å². The summed E-state index contributed by atoms with van der Waals surface area (Å²) in [4.78, 5) is 26.3. The summed E-state index contributed by atoms with van der Waals surface area (Å²) in [5, 5.41) is 0. The smallest absolute Gasteiger partial charge is 0.340 e. The van der Waals surface area contributed by atoms with E-state index in [0.29, 0.717) is 29.1 Å². The van der Waals surface area contributed by atoms with E-state index in [1.807, 2.05) is 0 Å². The number of hydrogen-bond donors (Lipinski definition) is 1. The summed E-state index contributed by atoms with van der Waals surface area (Å²) in [6, 6.07) is 0. The molecule has 1 rings (SSSR count). The number of aromatic amines is 1. The molecule has 0 aliphatic heterocycles. The van der Waals surface area contributed by atoms with Crippen molar-refractivity contribution in [1.82, 2.24) is 4.98 Å². The number of methoxy groups -OCH3 is 1. The van der Waals surface area contributed by atoms with Crippen LogP contribution in [0.4, 0.5) is 0 Å². The highest BCUT2D eigenvalue weighted by molar-refractivity contribution is 6.02. The third kappa shape index (κ3) is 2.74. The fraction of sp³-hybridized carbons (Fsp3) is 0.500. The Balaban J connectivity index is 3.09. The number of ketones is 1. The Hall–Kier alpha value is -1.62. The van der Waals surface area contributed by atoms with Crippen molar-refractivity contribution in [2.24, 2.45) is 0 Å². The molecule has 0 aliphatic carbocycles. The lowest BCUT2D eigenvalue weighted by atomic mass is 10.1. The molecule has 1 aromatic heterocycles. The second-order valence-corrected chi connectivity index (χ2v) is 3.70. The van der Waals surface area contributed by atoms with Gasteiger partial charge in [0.15, 0.2) is 0 Å². The fourth-order valence-electron chi connectivity index (χ4n) is 1.74. The Morgan fingerprint density at radius 3 is 2.47 bits per heavy atom. The molecule has 5 heteroatoms. The van der Waals surface area contributed by atoms with Crippen LogP contribution in [0.15, 0.2) is 0 Å². The average molecular weight is 239 g/mol. The number of rotatable bonds is 5. The number of carbonyl (C=O) groups is 2. The minimum atomic E-state index is -0.407. The first-order valence-corrected chi connectivity index (χ1v) is 5.41. The molecule has 1 heterocycles. The van der Waals surface area contributed by atoms with Gasteiger partial charge in [-0.25, -0.2) is 4.79 Å². The zero-order valence-corrected chi connectivity index (χ0v) is 10.5. The molecule has 0 bridgehead atoms. The molecule has 1 aromatic rings. The summed E-state index contributed by atoms with van der Waals surface area (Å²) < 4.78 is 9.73. The number of Topliss-reactive ketones (excluding diaryl/α,β-unsaturated/α-hetero) is 1. The molecule has 0 saturated heterocycles. The molecule has 0 aromatic carbocycles. The van der Waals surface area contributed by atoms with Gasteiger partial charge >= 0.3 is 5.97 Å². The minimum absolute atomic E-state index is 0.0109. The second-order valence-electron chi connectivity index (χ2n) is 3.70. The summed E-state index contributed by atoms with van der Waals surface area (Å²) in [7, 11) is 1.45. The normalized spacial score (nSPS) is 10.4. The maximum absolute atomic E-state index is 11.7. The Morgan fingerprint density at radius 1 is 1.29 bits per heavy atom. The van der Waals surface area contributed by atoms with Gasteiger partial charge in [-0.3, -0.25) is 4.79 Å². The largest absolute Gasteiger partial charge is 0.462 e. The lowest BCUT2D eigenvalue weighted by molar-refractivity contribution is 0.0525. The van der Waals surface area contributed by atoms with Crippen molar-refractivity contribution >= 4 is 11.8 Å². The van der Waals surface area contributed by atoms with E-state index in [2.05, 4.69) is 4.98 Å². The number of aromatic nitrogens is 1. The van der Waals surface area contributed by atoms with E-state index in [1.165, 1.54) is 7.11 Å². The van der Waals surface area contributed by atoms with E-state index in [0.717, 1.165) is 0 Å². The molecular weight excluding hydrogens is 222 g/mol. The van der Waals surface area contributed by atoms with Crippen LogP contribution in [0.3, 0.4) is 0 Å². The molecule has 1 N–H and O–H groups in total. The van der Waals surface area contributed by atoms with Gasteiger partial charge in [0.1, 0.15) is 6.61 Å². The highest BCUT2D eigenvalue weighted by atomic mass is 16.5. The molecule has 0 saturated carbocycles. The van der Waals surface area contributed by atoms with E-state index in [-0.39, 0.29) is 12.4 Å². The van der Waals surface area contributed by atoms with E-state index in [4.69, 9.17) is 9.47 Å². The SMILES string of the molecule is CCOC(=O)c1c(C)[nH]c(C(=O)COC)c1C. The molecule has 17 heavy (non-hydrogen) atoms. The molecule has 0 atom stereocenters. The van der Waals surface area contributed by atoms with Crippen molar-refractivity contribution in [3.8, 4) is 0 Å². The van der Waals surface area contributed by atoms with Gasteiger partial charge < -0.3 is 14.5 Å². The summed E-state index contributed by atoms with van der Waals surface area (Å²) in [5.41, 5.74) is 2.10. The standard InChI is InChI=1S/C12H17NO4/c1-5-17-12(15)10-7(2)11(13-8(10)3)9(14)6-16-4/h13H,5-6H2,1-4H3. The van der Waals surface area contributed by atoms with Crippen molar-refractivity contribution in [2.75, 3.05) is 20.3 Å². The van der Waals surface area contributed by atoms with Gasteiger partial charge in [-0.2, -0.15) is 0 Å². The van der Waals surface area contributed by atoms with Crippen LogP contribution in [0.5, 0.6) is 0 Å². The van der Waals surface area contributed by atoms with Crippen LogP contribution in [-0.4, -0.2) is 37.1 Å². The fourth-order valence-corrected chi connectivity index (χ4v) is 1.74. The molecule has 0 radical (unpaired) electrons. The second kappa shape index (κ2) is 5.63. The average Bonchev–Trinajstić information content (AvgIpc) is 2.55. The lowest BCUT2D eigenvalue weighted by Gasteiger charge is -2.02. The Bertz CT molecular complexity index is 434. The van der Waals surface area contributed by atoms with Crippen LogP contribution in [0.25, 0.3) is 0 Å². The van der Waals surface area contributed by atoms with Crippen molar-refractivity contribution in [1.29, 1.82) is 0 Å². The van der Waals surface area contributed by atoms with Crippen molar-refractivity contribution < 1.29 is 19.1 Å². The van der Waals surface area contributed by atoms with Gasteiger partial charge in [-0.1, -0.05) is 0 Å². The number of esters is 1. The first-order chi connectivity index (χ1) is 8.02. The number of aryl methyl sites for hydroxylation is 1. The number of nitrogens with one attached hydrogen (secondary N) is 1. The van der Waals surface area contributed by atoms with Gasteiger partial charge in [0.05, 0.1) is 17.9 Å².